The molecule has 0 saturated carbocycles. The summed E-state index contributed by atoms with van der Waals surface area (Å²) in [5, 5.41) is 5.25. The van der Waals surface area contributed by atoms with Gasteiger partial charge in [-0.25, -0.2) is 4.39 Å². The van der Waals surface area contributed by atoms with Gasteiger partial charge in [0.15, 0.2) is 0 Å². The third kappa shape index (κ3) is 29.1. The van der Waals surface area contributed by atoms with Crippen molar-refractivity contribution in [1.82, 2.24) is 10.6 Å². The van der Waals surface area contributed by atoms with E-state index < -0.39 is 6.17 Å². The van der Waals surface area contributed by atoms with E-state index in [-0.39, 0.29) is 31.1 Å². The van der Waals surface area contributed by atoms with E-state index in [1.165, 1.54) is 6.42 Å². The molecule has 2 unspecified atom stereocenters. The molecule has 0 heterocycles. The number of halogens is 1. The van der Waals surface area contributed by atoms with Crippen LogP contribution in [0.3, 0.4) is 0 Å². The van der Waals surface area contributed by atoms with E-state index >= 15 is 0 Å². The zero-order valence-corrected chi connectivity index (χ0v) is 19.9. The predicted octanol–water partition coefficient (Wildman–Crippen LogP) is 4.41. The molecule has 0 rings (SSSR count). The van der Waals surface area contributed by atoms with Crippen LogP contribution in [0.15, 0.2) is 0 Å². The molecule has 0 aromatic rings. The zero-order chi connectivity index (χ0) is 22.9. The van der Waals surface area contributed by atoms with Gasteiger partial charge < -0.3 is 20.1 Å². The zero-order valence-electron chi connectivity index (χ0n) is 19.9. The monoisotopic (exact) mass is 422 g/mol. The Morgan fingerprint density at radius 1 is 0.966 bits per heavy atom. The van der Waals surface area contributed by atoms with Crippen LogP contribution in [0.2, 0.25) is 0 Å². The molecule has 0 aromatic carbocycles. The van der Waals surface area contributed by atoms with Gasteiger partial charge in [-0.3, -0.25) is 9.59 Å². The standard InChI is InChI=1S/C17H33FN2O4.C3H8.C2H6/c1-4-14(3)24-13-17(22)19-9-11-23-10-7-6-8-15(18)12-20-16(21)5-2;1-3-2;1-2/h14-15H,4-13H2,1-3H3,(H,19,22)(H,20,21);3H2,1-2H3;1-2H3. The van der Waals surface area contributed by atoms with Gasteiger partial charge >= 0.3 is 0 Å². The molecule has 0 radical (unpaired) electrons. The number of alkyl halides is 1. The van der Waals surface area contributed by atoms with Crippen molar-refractivity contribution in [2.45, 2.75) is 99.3 Å². The average molecular weight is 423 g/mol. The van der Waals surface area contributed by atoms with Crippen molar-refractivity contribution < 1.29 is 23.5 Å². The predicted molar refractivity (Wildman–Crippen MR) is 119 cm³/mol. The Hall–Kier alpha value is -1.21. The smallest absolute Gasteiger partial charge is 0.246 e. The second-order valence-electron chi connectivity index (χ2n) is 6.45. The van der Waals surface area contributed by atoms with E-state index in [1.54, 1.807) is 6.92 Å². The van der Waals surface area contributed by atoms with Gasteiger partial charge in [0.1, 0.15) is 12.8 Å². The molecule has 0 aliphatic carbocycles. The van der Waals surface area contributed by atoms with Crippen LogP contribution in [-0.4, -0.2) is 57.0 Å². The number of carbonyl (C=O) groups excluding carboxylic acids is 2. The molecule has 0 fully saturated rings. The van der Waals surface area contributed by atoms with E-state index in [1.807, 2.05) is 27.7 Å². The molecular weight excluding hydrogens is 375 g/mol. The maximum Gasteiger partial charge on any atom is 0.246 e. The highest BCUT2D eigenvalue weighted by atomic mass is 19.1. The van der Waals surface area contributed by atoms with Crippen molar-refractivity contribution in [3.05, 3.63) is 0 Å². The molecule has 0 aliphatic rings. The third-order valence-corrected chi connectivity index (χ3v) is 3.54. The first-order chi connectivity index (χ1) is 13.9. The number of hydrogen-bond acceptors (Lipinski definition) is 4. The summed E-state index contributed by atoms with van der Waals surface area (Å²) in [6.45, 7) is 15.5. The lowest BCUT2D eigenvalue weighted by molar-refractivity contribution is -0.127. The minimum atomic E-state index is -1.01. The molecule has 2 atom stereocenters. The molecule has 7 heteroatoms. The summed E-state index contributed by atoms with van der Waals surface area (Å²) in [6, 6.07) is 0. The molecule has 0 saturated heterocycles. The van der Waals surface area contributed by atoms with Crippen molar-refractivity contribution in [2.75, 3.05) is 32.9 Å². The normalized spacial score (nSPS) is 11.9. The summed E-state index contributed by atoms with van der Waals surface area (Å²) in [6.07, 6.45) is 3.46. The van der Waals surface area contributed by atoms with Crippen LogP contribution in [0.25, 0.3) is 0 Å². The van der Waals surface area contributed by atoms with Crippen LogP contribution in [0.1, 0.15) is 87.0 Å². The van der Waals surface area contributed by atoms with Gasteiger partial charge in [0.25, 0.3) is 0 Å². The second-order valence-corrected chi connectivity index (χ2v) is 6.45. The van der Waals surface area contributed by atoms with Crippen molar-refractivity contribution in [2.24, 2.45) is 0 Å². The summed E-state index contributed by atoms with van der Waals surface area (Å²) in [7, 11) is 0. The summed E-state index contributed by atoms with van der Waals surface area (Å²) in [5.74, 6) is -0.272. The summed E-state index contributed by atoms with van der Waals surface area (Å²) < 4.78 is 24.2. The Bertz CT molecular complexity index is 358. The Kier molecular flexibility index (Phi) is 30.0. The topological polar surface area (TPSA) is 76.7 Å². The number of carbonyl (C=O) groups is 2. The third-order valence-electron chi connectivity index (χ3n) is 3.54. The molecule has 0 spiro atoms. The highest BCUT2D eigenvalue weighted by Crippen LogP contribution is 2.04. The second kappa shape index (κ2) is 26.8. The van der Waals surface area contributed by atoms with Crippen LogP contribution in [0.4, 0.5) is 4.39 Å². The summed E-state index contributed by atoms with van der Waals surface area (Å²) in [4.78, 5) is 22.4. The van der Waals surface area contributed by atoms with Crippen molar-refractivity contribution in [3.63, 3.8) is 0 Å². The molecule has 0 bridgehead atoms. The molecule has 29 heavy (non-hydrogen) atoms. The van der Waals surface area contributed by atoms with Crippen LogP contribution in [0.5, 0.6) is 0 Å². The largest absolute Gasteiger partial charge is 0.380 e. The van der Waals surface area contributed by atoms with Gasteiger partial charge in [0, 0.05) is 26.1 Å². The maximum atomic E-state index is 13.5. The SMILES string of the molecule is CC.CCC.CCC(=O)NCC(F)CCCCOCCNC(=O)COC(C)CC. The maximum absolute atomic E-state index is 13.5. The summed E-state index contributed by atoms with van der Waals surface area (Å²) in [5.41, 5.74) is 0. The first-order valence-electron chi connectivity index (χ1n) is 11.3. The van der Waals surface area contributed by atoms with Crippen LogP contribution >= 0.6 is 0 Å². The van der Waals surface area contributed by atoms with E-state index in [9.17, 15) is 14.0 Å². The highest BCUT2D eigenvalue weighted by Gasteiger charge is 2.07. The fourth-order valence-electron chi connectivity index (χ4n) is 1.77. The van der Waals surface area contributed by atoms with E-state index in [0.29, 0.717) is 39.0 Å². The van der Waals surface area contributed by atoms with Gasteiger partial charge in [-0.15, -0.1) is 0 Å². The minimum Gasteiger partial charge on any atom is -0.380 e. The fourth-order valence-corrected chi connectivity index (χ4v) is 1.77. The number of hydrogen-bond donors (Lipinski definition) is 2. The molecule has 0 aliphatic heterocycles. The van der Waals surface area contributed by atoms with E-state index in [0.717, 1.165) is 12.8 Å². The lowest BCUT2D eigenvalue weighted by atomic mass is 10.2. The lowest BCUT2D eigenvalue weighted by Crippen LogP contribution is -2.31. The number of rotatable bonds is 15. The van der Waals surface area contributed by atoms with Crippen molar-refractivity contribution in [1.29, 1.82) is 0 Å². The minimum absolute atomic E-state index is 0.0709. The lowest BCUT2D eigenvalue weighted by Gasteiger charge is -2.11. The van der Waals surface area contributed by atoms with Gasteiger partial charge in [0.2, 0.25) is 11.8 Å². The molecular formula is C22H47FN2O4. The van der Waals surface area contributed by atoms with Crippen LogP contribution in [0, 0.1) is 0 Å². The highest BCUT2D eigenvalue weighted by molar-refractivity contribution is 5.77. The Balaban J connectivity index is -0.00000123. The Morgan fingerprint density at radius 3 is 2.14 bits per heavy atom. The van der Waals surface area contributed by atoms with Gasteiger partial charge in [-0.1, -0.05) is 48.0 Å². The summed E-state index contributed by atoms with van der Waals surface area (Å²) >= 11 is 0. The number of ether oxygens (including phenoxy) is 2. The first-order valence-corrected chi connectivity index (χ1v) is 11.3. The van der Waals surface area contributed by atoms with Gasteiger partial charge in [-0.2, -0.15) is 0 Å². The van der Waals surface area contributed by atoms with E-state index in [4.69, 9.17) is 9.47 Å². The van der Waals surface area contributed by atoms with Crippen molar-refractivity contribution in [3.8, 4) is 0 Å². The van der Waals surface area contributed by atoms with Crippen LogP contribution in [-0.2, 0) is 19.1 Å². The first kappa shape index (κ1) is 32.5. The number of amides is 2. The average Bonchev–Trinajstić information content (AvgIpc) is 2.73. The Morgan fingerprint density at radius 2 is 1.59 bits per heavy atom. The fraction of sp³-hybridized carbons (Fsp3) is 0.909. The van der Waals surface area contributed by atoms with E-state index in [2.05, 4.69) is 24.5 Å². The van der Waals surface area contributed by atoms with Crippen molar-refractivity contribution >= 4 is 11.8 Å². The quantitative estimate of drug-likeness (QED) is 0.383. The Labute approximate surface area is 178 Å². The van der Waals surface area contributed by atoms with Gasteiger partial charge in [0.05, 0.1) is 12.7 Å². The van der Waals surface area contributed by atoms with Crippen LogP contribution < -0.4 is 10.6 Å². The molecule has 176 valence electrons. The van der Waals surface area contributed by atoms with Gasteiger partial charge in [-0.05, 0) is 32.6 Å². The molecule has 0 aromatic heterocycles. The number of nitrogens with one attached hydrogen (secondary N) is 2. The molecule has 6 nitrogen and oxygen atoms in total. The number of unbranched alkanes of at least 4 members (excludes halogenated alkanes) is 1. The molecule has 2 N–H and O–H groups in total. The molecule has 2 amide bonds.